The molecular formula is C19H29ClN4O4. The van der Waals surface area contributed by atoms with Crippen LogP contribution in [0.15, 0.2) is 24.3 Å². The summed E-state index contributed by atoms with van der Waals surface area (Å²) in [6.07, 6.45) is 0.682. The van der Waals surface area contributed by atoms with Crippen molar-refractivity contribution in [3.05, 3.63) is 29.3 Å². The molecule has 1 aromatic rings. The van der Waals surface area contributed by atoms with Crippen LogP contribution in [0.2, 0.25) is 5.02 Å². The van der Waals surface area contributed by atoms with Gasteiger partial charge < -0.3 is 15.5 Å². The van der Waals surface area contributed by atoms with Gasteiger partial charge >= 0.3 is 6.03 Å². The molecule has 0 heterocycles. The number of halogens is 1. The molecule has 0 aliphatic heterocycles. The molecule has 8 nitrogen and oxygen atoms in total. The lowest BCUT2D eigenvalue weighted by Crippen LogP contribution is -2.54. The molecule has 0 saturated carbocycles. The van der Waals surface area contributed by atoms with E-state index in [-0.39, 0.29) is 12.5 Å². The zero-order valence-corrected chi connectivity index (χ0v) is 17.4. The lowest BCUT2D eigenvalue weighted by molar-refractivity contribution is -0.141. The second kappa shape index (κ2) is 11.5. The molecule has 0 aliphatic carbocycles. The number of anilines is 1. The van der Waals surface area contributed by atoms with Gasteiger partial charge in [0.25, 0.3) is 5.91 Å². The molecular weight excluding hydrogens is 384 g/mol. The van der Waals surface area contributed by atoms with Crippen molar-refractivity contribution in [2.24, 2.45) is 11.8 Å². The standard InChI is InChI=1S/C19H29ClN4O4/c1-12(2)9-10-24(11-16(25)23-28)18(26)17(13(3)4)22-19(27)21-15-8-6-5-7-14(15)20/h5-8,12-13,17,28H,9-11H2,1-4H3,(H,23,25)(H2,21,22,27)/t17-/m0/s1. The zero-order valence-electron chi connectivity index (χ0n) is 16.7. The van der Waals surface area contributed by atoms with E-state index >= 15 is 0 Å². The Morgan fingerprint density at radius 3 is 2.32 bits per heavy atom. The fourth-order valence-electron chi connectivity index (χ4n) is 2.46. The monoisotopic (exact) mass is 412 g/mol. The molecule has 1 atom stereocenters. The van der Waals surface area contributed by atoms with Crippen LogP contribution < -0.4 is 16.1 Å². The molecule has 0 unspecified atom stereocenters. The van der Waals surface area contributed by atoms with Crippen molar-refractivity contribution in [1.82, 2.24) is 15.7 Å². The van der Waals surface area contributed by atoms with Gasteiger partial charge in [0.2, 0.25) is 5.91 Å². The first kappa shape index (κ1) is 23.7. The third kappa shape index (κ3) is 7.74. The molecule has 1 rings (SSSR count). The van der Waals surface area contributed by atoms with Crippen LogP contribution in [0, 0.1) is 11.8 Å². The first-order valence-corrected chi connectivity index (χ1v) is 9.57. The second-order valence-electron chi connectivity index (χ2n) is 7.28. The van der Waals surface area contributed by atoms with E-state index < -0.39 is 23.9 Å². The number of carbonyl (C=O) groups excluding carboxylic acids is 3. The molecule has 0 spiro atoms. The molecule has 0 saturated heterocycles. The van der Waals surface area contributed by atoms with Crippen LogP contribution in [0.1, 0.15) is 34.1 Å². The van der Waals surface area contributed by atoms with Crippen molar-refractivity contribution in [3.63, 3.8) is 0 Å². The van der Waals surface area contributed by atoms with Gasteiger partial charge in [-0.3, -0.25) is 14.8 Å². The van der Waals surface area contributed by atoms with Crippen molar-refractivity contribution < 1.29 is 19.6 Å². The van der Waals surface area contributed by atoms with Crippen molar-refractivity contribution >= 4 is 35.1 Å². The van der Waals surface area contributed by atoms with E-state index in [0.29, 0.717) is 29.6 Å². The second-order valence-corrected chi connectivity index (χ2v) is 7.68. The van der Waals surface area contributed by atoms with Crippen LogP contribution in [0.3, 0.4) is 0 Å². The molecule has 0 aliphatic rings. The topological polar surface area (TPSA) is 111 Å². The Morgan fingerprint density at radius 2 is 1.79 bits per heavy atom. The minimum absolute atomic E-state index is 0.219. The van der Waals surface area contributed by atoms with E-state index in [1.807, 2.05) is 13.8 Å². The summed E-state index contributed by atoms with van der Waals surface area (Å²) in [5.41, 5.74) is 1.96. The van der Waals surface area contributed by atoms with Crippen molar-refractivity contribution in [2.45, 2.75) is 40.2 Å². The van der Waals surface area contributed by atoms with E-state index in [4.69, 9.17) is 16.8 Å². The molecule has 1 aromatic carbocycles. The number of hydroxylamine groups is 1. The number of amides is 4. The Morgan fingerprint density at radius 1 is 1.14 bits per heavy atom. The quantitative estimate of drug-likeness (QED) is 0.369. The number of urea groups is 1. The molecule has 0 radical (unpaired) electrons. The maximum atomic E-state index is 13.0. The highest BCUT2D eigenvalue weighted by Gasteiger charge is 2.30. The van der Waals surface area contributed by atoms with E-state index in [1.165, 1.54) is 10.4 Å². The Labute approximate surface area is 170 Å². The number of hydrogen-bond acceptors (Lipinski definition) is 4. The van der Waals surface area contributed by atoms with E-state index in [1.54, 1.807) is 38.1 Å². The average molecular weight is 413 g/mol. The molecule has 0 bridgehead atoms. The lowest BCUT2D eigenvalue weighted by Gasteiger charge is -2.29. The fraction of sp³-hybridized carbons (Fsp3) is 0.526. The van der Waals surface area contributed by atoms with Gasteiger partial charge in [0.15, 0.2) is 0 Å². The average Bonchev–Trinajstić information content (AvgIpc) is 2.63. The summed E-state index contributed by atoms with van der Waals surface area (Å²) in [7, 11) is 0. The van der Waals surface area contributed by atoms with Gasteiger partial charge in [-0.25, -0.2) is 10.3 Å². The molecule has 4 amide bonds. The fourth-order valence-corrected chi connectivity index (χ4v) is 2.65. The van der Waals surface area contributed by atoms with E-state index in [2.05, 4.69) is 10.6 Å². The normalized spacial score (nSPS) is 11.9. The summed E-state index contributed by atoms with van der Waals surface area (Å²) < 4.78 is 0. The third-order valence-electron chi connectivity index (χ3n) is 4.09. The van der Waals surface area contributed by atoms with Crippen molar-refractivity contribution in [2.75, 3.05) is 18.4 Å². The van der Waals surface area contributed by atoms with Gasteiger partial charge in [-0.05, 0) is 30.4 Å². The molecule has 9 heteroatoms. The highest BCUT2D eigenvalue weighted by atomic mass is 35.5. The van der Waals surface area contributed by atoms with E-state index in [0.717, 1.165) is 0 Å². The largest absolute Gasteiger partial charge is 0.332 e. The van der Waals surface area contributed by atoms with Crippen LogP contribution in [0.4, 0.5) is 10.5 Å². The van der Waals surface area contributed by atoms with Crippen molar-refractivity contribution in [1.29, 1.82) is 0 Å². The van der Waals surface area contributed by atoms with Crippen LogP contribution in [-0.4, -0.2) is 47.1 Å². The Kier molecular flexibility index (Phi) is 9.75. The summed E-state index contributed by atoms with van der Waals surface area (Å²) in [6, 6.07) is 5.34. The number of benzene rings is 1. The summed E-state index contributed by atoms with van der Waals surface area (Å²) >= 11 is 6.04. The predicted molar refractivity (Wildman–Crippen MR) is 108 cm³/mol. The first-order chi connectivity index (χ1) is 13.1. The maximum Gasteiger partial charge on any atom is 0.319 e. The van der Waals surface area contributed by atoms with Crippen molar-refractivity contribution in [3.8, 4) is 0 Å². The molecule has 0 aromatic heterocycles. The molecule has 156 valence electrons. The highest BCUT2D eigenvalue weighted by molar-refractivity contribution is 6.33. The number of nitrogens with zero attached hydrogens (tertiary/aromatic N) is 1. The third-order valence-corrected chi connectivity index (χ3v) is 4.42. The van der Waals surface area contributed by atoms with Gasteiger partial charge in [0, 0.05) is 6.54 Å². The van der Waals surface area contributed by atoms with Gasteiger partial charge in [0.05, 0.1) is 10.7 Å². The van der Waals surface area contributed by atoms with Crippen LogP contribution in [0.25, 0.3) is 0 Å². The lowest BCUT2D eigenvalue weighted by atomic mass is 10.0. The summed E-state index contributed by atoms with van der Waals surface area (Å²) in [5, 5.41) is 14.5. The minimum atomic E-state index is -0.846. The Balaban J connectivity index is 2.89. The summed E-state index contributed by atoms with van der Waals surface area (Å²) in [6.45, 7) is 7.64. The van der Waals surface area contributed by atoms with Crippen LogP contribution >= 0.6 is 11.6 Å². The molecule has 4 N–H and O–H groups in total. The van der Waals surface area contributed by atoms with Gasteiger partial charge in [-0.15, -0.1) is 0 Å². The zero-order chi connectivity index (χ0) is 21.3. The maximum absolute atomic E-state index is 13.0. The van der Waals surface area contributed by atoms with Gasteiger partial charge in [0.1, 0.15) is 12.6 Å². The van der Waals surface area contributed by atoms with Crippen LogP contribution in [0.5, 0.6) is 0 Å². The number of hydrogen-bond donors (Lipinski definition) is 4. The minimum Gasteiger partial charge on any atom is -0.332 e. The van der Waals surface area contributed by atoms with Gasteiger partial charge in [-0.1, -0.05) is 51.4 Å². The SMILES string of the molecule is CC(C)CCN(CC(=O)NO)C(=O)[C@@H](NC(=O)Nc1ccccc1Cl)C(C)C. The van der Waals surface area contributed by atoms with Crippen LogP contribution in [-0.2, 0) is 9.59 Å². The molecule has 28 heavy (non-hydrogen) atoms. The number of carbonyl (C=O) groups is 3. The Hall–Kier alpha value is -2.32. The summed E-state index contributed by atoms with van der Waals surface area (Å²) in [4.78, 5) is 38.3. The Bertz CT molecular complexity index is 682. The highest BCUT2D eigenvalue weighted by Crippen LogP contribution is 2.20. The molecule has 0 fully saturated rings. The number of rotatable bonds is 9. The predicted octanol–water partition coefficient (Wildman–Crippen LogP) is 2.87. The number of para-hydroxylation sites is 1. The first-order valence-electron chi connectivity index (χ1n) is 9.19. The summed E-state index contributed by atoms with van der Waals surface area (Å²) in [5.74, 6) is -0.988. The number of nitrogens with one attached hydrogen (secondary N) is 3. The van der Waals surface area contributed by atoms with Gasteiger partial charge in [-0.2, -0.15) is 0 Å². The smallest absolute Gasteiger partial charge is 0.319 e. The van der Waals surface area contributed by atoms with E-state index in [9.17, 15) is 14.4 Å².